The van der Waals surface area contributed by atoms with Gasteiger partial charge in [0.05, 0.1) is 12.5 Å². The molecule has 0 spiro atoms. The van der Waals surface area contributed by atoms with Crippen LogP contribution in [0.4, 0.5) is 8.78 Å². The van der Waals surface area contributed by atoms with Crippen molar-refractivity contribution in [3.8, 4) is 0 Å². The van der Waals surface area contributed by atoms with Crippen molar-refractivity contribution in [1.29, 1.82) is 0 Å². The Kier molecular flexibility index (Phi) is 6.47. The van der Waals surface area contributed by atoms with E-state index in [0.29, 0.717) is 5.56 Å². The van der Waals surface area contributed by atoms with Crippen LogP contribution >= 0.6 is 0 Å². The molecular formula is C18H24F2N2O3. The van der Waals surface area contributed by atoms with Crippen LogP contribution in [0, 0.1) is 17.0 Å². The summed E-state index contributed by atoms with van der Waals surface area (Å²) in [5.41, 5.74) is 5.85. The fraction of sp³-hybridized carbons (Fsp3) is 0.556. The lowest BCUT2D eigenvalue weighted by Crippen LogP contribution is -2.47. The van der Waals surface area contributed by atoms with Crippen LogP contribution in [0.1, 0.15) is 44.1 Å². The van der Waals surface area contributed by atoms with Crippen LogP contribution in [-0.4, -0.2) is 29.6 Å². The smallest absolute Gasteiger partial charge is 0.303 e. The molecule has 0 radical (unpaired) electrons. The van der Waals surface area contributed by atoms with Gasteiger partial charge in [0.2, 0.25) is 5.91 Å². The summed E-state index contributed by atoms with van der Waals surface area (Å²) in [6, 6.07) is 2.50. The third-order valence-corrected chi connectivity index (χ3v) is 4.85. The first kappa shape index (κ1) is 19.3. The van der Waals surface area contributed by atoms with E-state index < -0.39 is 35.0 Å². The number of carboxylic acids is 1. The van der Waals surface area contributed by atoms with Gasteiger partial charge in [-0.1, -0.05) is 25.3 Å². The van der Waals surface area contributed by atoms with Crippen LogP contribution in [0.3, 0.4) is 0 Å². The molecule has 0 aromatic heterocycles. The molecule has 0 bridgehead atoms. The summed E-state index contributed by atoms with van der Waals surface area (Å²) in [5.74, 6) is -3.22. The first-order valence-electron chi connectivity index (χ1n) is 8.50. The Labute approximate surface area is 145 Å². The number of benzene rings is 1. The van der Waals surface area contributed by atoms with Gasteiger partial charge in [0.15, 0.2) is 11.6 Å². The molecule has 1 atom stereocenters. The number of halogens is 2. The Morgan fingerprint density at radius 1 is 1.20 bits per heavy atom. The van der Waals surface area contributed by atoms with Crippen molar-refractivity contribution >= 4 is 11.9 Å². The molecule has 1 amide bonds. The number of carbonyl (C=O) groups is 2. The van der Waals surface area contributed by atoms with Gasteiger partial charge in [-0.15, -0.1) is 0 Å². The molecule has 0 aliphatic heterocycles. The number of carboxylic acid groups (broad SMARTS) is 1. The zero-order valence-electron chi connectivity index (χ0n) is 14.1. The van der Waals surface area contributed by atoms with Gasteiger partial charge in [-0.25, -0.2) is 8.78 Å². The second-order valence-corrected chi connectivity index (χ2v) is 6.91. The standard InChI is InChI=1S/C18H24F2N2O3/c19-13-5-4-12(8-14(13)20)9-15(21)17(25)22-11-18(10-16(23)24)6-2-1-3-7-18/h4-5,8,15H,1-3,6-7,9-11,21H2,(H,22,25)(H,23,24)/t15-/m1/s1. The zero-order valence-corrected chi connectivity index (χ0v) is 14.1. The average Bonchev–Trinajstić information content (AvgIpc) is 2.56. The van der Waals surface area contributed by atoms with Gasteiger partial charge >= 0.3 is 5.97 Å². The molecule has 1 saturated carbocycles. The Morgan fingerprint density at radius 3 is 2.48 bits per heavy atom. The van der Waals surface area contributed by atoms with Crippen molar-refractivity contribution in [2.45, 2.75) is 51.0 Å². The molecule has 0 heterocycles. The van der Waals surface area contributed by atoms with Gasteiger partial charge in [0.25, 0.3) is 0 Å². The first-order chi connectivity index (χ1) is 11.8. The summed E-state index contributed by atoms with van der Waals surface area (Å²) >= 11 is 0. The Hall–Kier alpha value is -2.02. The van der Waals surface area contributed by atoms with E-state index in [1.54, 1.807) is 0 Å². The number of nitrogens with two attached hydrogens (primary N) is 1. The number of amides is 1. The minimum absolute atomic E-state index is 0.0195. The quantitative estimate of drug-likeness (QED) is 0.701. The highest BCUT2D eigenvalue weighted by molar-refractivity contribution is 5.82. The molecule has 2 rings (SSSR count). The summed E-state index contributed by atoms with van der Waals surface area (Å²) in [7, 11) is 0. The van der Waals surface area contributed by atoms with Crippen LogP contribution in [0.25, 0.3) is 0 Å². The topological polar surface area (TPSA) is 92.4 Å². The predicted octanol–water partition coefficient (Wildman–Crippen LogP) is 2.38. The van der Waals surface area contributed by atoms with E-state index >= 15 is 0 Å². The highest BCUT2D eigenvalue weighted by atomic mass is 19.2. The van der Waals surface area contributed by atoms with Crippen molar-refractivity contribution in [1.82, 2.24) is 5.32 Å². The predicted molar refractivity (Wildman–Crippen MR) is 88.8 cm³/mol. The summed E-state index contributed by atoms with van der Waals surface area (Å²) in [6.45, 7) is 0.267. The van der Waals surface area contributed by atoms with Crippen LogP contribution in [-0.2, 0) is 16.0 Å². The lowest BCUT2D eigenvalue weighted by molar-refractivity contribution is -0.140. The van der Waals surface area contributed by atoms with E-state index in [2.05, 4.69) is 5.32 Å². The van der Waals surface area contributed by atoms with Gasteiger partial charge in [-0.2, -0.15) is 0 Å². The molecule has 1 aliphatic carbocycles. The summed E-state index contributed by atoms with van der Waals surface area (Å²) in [4.78, 5) is 23.4. The largest absolute Gasteiger partial charge is 0.481 e. The molecule has 1 aliphatic rings. The Balaban J connectivity index is 1.92. The molecule has 7 heteroatoms. The minimum Gasteiger partial charge on any atom is -0.481 e. The third kappa shape index (κ3) is 5.49. The molecule has 1 fully saturated rings. The van der Waals surface area contributed by atoms with Gasteiger partial charge < -0.3 is 16.2 Å². The maximum Gasteiger partial charge on any atom is 0.303 e. The van der Waals surface area contributed by atoms with E-state index in [4.69, 9.17) is 10.8 Å². The summed E-state index contributed by atoms with van der Waals surface area (Å²) < 4.78 is 26.2. The molecule has 138 valence electrons. The van der Waals surface area contributed by atoms with Crippen molar-refractivity contribution < 1.29 is 23.5 Å². The fourth-order valence-corrected chi connectivity index (χ4v) is 3.46. The molecule has 4 N–H and O–H groups in total. The summed E-state index contributed by atoms with van der Waals surface area (Å²) in [6.07, 6.45) is 4.59. The molecule has 0 saturated heterocycles. The van der Waals surface area contributed by atoms with Crippen LogP contribution < -0.4 is 11.1 Å². The summed E-state index contributed by atoms with van der Waals surface area (Å²) in [5, 5.41) is 11.9. The third-order valence-electron chi connectivity index (χ3n) is 4.85. The molecule has 1 aromatic carbocycles. The van der Waals surface area contributed by atoms with Crippen molar-refractivity contribution in [2.24, 2.45) is 11.1 Å². The maximum absolute atomic E-state index is 13.2. The number of hydrogen-bond donors (Lipinski definition) is 3. The highest BCUT2D eigenvalue weighted by Crippen LogP contribution is 2.38. The molecule has 1 aromatic rings. The zero-order chi connectivity index (χ0) is 18.4. The molecule has 25 heavy (non-hydrogen) atoms. The molecule has 0 unspecified atom stereocenters. The number of aliphatic carboxylic acids is 1. The van der Waals surface area contributed by atoms with Crippen LogP contribution in [0.5, 0.6) is 0 Å². The van der Waals surface area contributed by atoms with E-state index in [1.807, 2.05) is 0 Å². The van der Waals surface area contributed by atoms with Gasteiger partial charge in [-0.3, -0.25) is 9.59 Å². The van der Waals surface area contributed by atoms with E-state index in [0.717, 1.165) is 44.2 Å². The number of hydrogen-bond acceptors (Lipinski definition) is 3. The average molecular weight is 354 g/mol. The van der Waals surface area contributed by atoms with Crippen LogP contribution in [0.15, 0.2) is 18.2 Å². The lowest BCUT2D eigenvalue weighted by Gasteiger charge is -2.36. The van der Waals surface area contributed by atoms with Crippen LogP contribution in [0.2, 0.25) is 0 Å². The monoisotopic (exact) mass is 354 g/mol. The van der Waals surface area contributed by atoms with Crippen molar-refractivity contribution in [3.05, 3.63) is 35.4 Å². The maximum atomic E-state index is 13.2. The van der Waals surface area contributed by atoms with Gasteiger partial charge in [-0.05, 0) is 42.4 Å². The second kappa shape index (κ2) is 8.38. The number of carbonyl (C=O) groups excluding carboxylic acids is 1. The van der Waals surface area contributed by atoms with Gasteiger partial charge in [0, 0.05) is 6.54 Å². The molecule has 5 nitrogen and oxygen atoms in total. The molecular weight excluding hydrogens is 330 g/mol. The SMILES string of the molecule is N[C@H](Cc1ccc(F)c(F)c1)C(=O)NCC1(CC(=O)O)CCCCC1. The Bertz CT molecular complexity index is 631. The second-order valence-electron chi connectivity index (χ2n) is 6.91. The minimum atomic E-state index is -0.979. The van der Waals surface area contributed by atoms with Gasteiger partial charge in [0.1, 0.15) is 0 Å². The van der Waals surface area contributed by atoms with E-state index in [1.165, 1.54) is 6.07 Å². The highest BCUT2D eigenvalue weighted by Gasteiger charge is 2.35. The van der Waals surface area contributed by atoms with Crippen molar-refractivity contribution in [2.75, 3.05) is 6.54 Å². The normalized spacial score (nSPS) is 17.7. The fourth-order valence-electron chi connectivity index (χ4n) is 3.46. The number of nitrogens with one attached hydrogen (secondary N) is 1. The lowest BCUT2D eigenvalue weighted by atomic mass is 9.71. The van der Waals surface area contributed by atoms with Crippen molar-refractivity contribution in [3.63, 3.8) is 0 Å². The van der Waals surface area contributed by atoms with E-state index in [-0.39, 0.29) is 19.4 Å². The number of rotatable bonds is 7. The first-order valence-corrected chi connectivity index (χ1v) is 8.50. The Morgan fingerprint density at radius 2 is 1.88 bits per heavy atom. The van der Waals surface area contributed by atoms with E-state index in [9.17, 15) is 18.4 Å².